The summed E-state index contributed by atoms with van der Waals surface area (Å²) in [4.78, 5) is 16.8. The van der Waals surface area contributed by atoms with Crippen LogP contribution in [0.4, 0.5) is 0 Å². The fraction of sp³-hybridized carbons (Fsp3) is 0.944. The molecule has 2 fully saturated rings. The highest BCUT2D eigenvalue weighted by Crippen LogP contribution is 2.23. The lowest BCUT2D eigenvalue weighted by molar-refractivity contribution is -0.129. The predicted molar refractivity (Wildman–Crippen MR) is 95.0 cm³/mol. The Balaban J connectivity index is 1.65. The molecule has 0 aromatic carbocycles. The van der Waals surface area contributed by atoms with Crippen molar-refractivity contribution >= 4 is 5.91 Å². The third kappa shape index (κ3) is 6.67. The van der Waals surface area contributed by atoms with Gasteiger partial charge >= 0.3 is 0 Å². The molecule has 2 aliphatic heterocycles. The van der Waals surface area contributed by atoms with Gasteiger partial charge in [0.1, 0.15) is 0 Å². The second-order valence-electron chi connectivity index (χ2n) is 7.85. The van der Waals surface area contributed by atoms with Gasteiger partial charge in [0.05, 0.1) is 24.7 Å². The van der Waals surface area contributed by atoms with Gasteiger partial charge in [0.2, 0.25) is 5.91 Å². The zero-order valence-corrected chi connectivity index (χ0v) is 15.6. The largest absolute Gasteiger partial charge is 0.388 e. The van der Waals surface area contributed by atoms with Gasteiger partial charge in [-0.05, 0) is 53.1 Å². The average Bonchev–Trinajstić information content (AvgIpc) is 2.47. The number of ether oxygens (including phenoxy) is 1. The van der Waals surface area contributed by atoms with Crippen molar-refractivity contribution in [3.05, 3.63) is 0 Å². The molecule has 0 aromatic rings. The quantitative estimate of drug-likeness (QED) is 0.718. The second-order valence-corrected chi connectivity index (χ2v) is 7.85. The Kier molecular flexibility index (Phi) is 7.47. The molecule has 0 unspecified atom stereocenters. The van der Waals surface area contributed by atoms with Gasteiger partial charge in [-0.1, -0.05) is 0 Å². The van der Waals surface area contributed by atoms with E-state index in [1.165, 1.54) is 0 Å². The van der Waals surface area contributed by atoms with Crippen molar-refractivity contribution < 1.29 is 14.6 Å². The van der Waals surface area contributed by atoms with Crippen LogP contribution in [0.5, 0.6) is 0 Å². The Morgan fingerprint density at radius 3 is 2.67 bits per heavy atom. The van der Waals surface area contributed by atoms with Crippen LogP contribution in [0.1, 0.15) is 46.0 Å². The normalized spacial score (nSPS) is 27.5. The fourth-order valence-electron chi connectivity index (χ4n) is 3.78. The number of hydrogen-bond donors (Lipinski definition) is 2. The number of likely N-dealkylation sites (tertiary alicyclic amines) is 2. The molecule has 0 aliphatic carbocycles. The molecule has 0 aromatic heterocycles. The van der Waals surface area contributed by atoms with Crippen LogP contribution in [0, 0.1) is 0 Å². The van der Waals surface area contributed by atoms with Gasteiger partial charge in [0.15, 0.2) is 0 Å². The van der Waals surface area contributed by atoms with Crippen molar-refractivity contribution in [1.29, 1.82) is 0 Å². The van der Waals surface area contributed by atoms with E-state index < -0.39 is 5.60 Å². The van der Waals surface area contributed by atoms with Crippen LogP contribution in [-0.4, -0.2) is 84.9 Å². The number of nitrogens with zero attached hydrogens (tertiary/aromatic N) is 2. The molecule has 0 bridgehead atoms. The summed E-state index contributed by atoms with van der Waals surface area (Å²) < 4.78 is 5.60. The first-order chi connectivity index (χ1) is 11.4. The SMILES string of the molecule is CC(C)OCCN1CCC(NC(=O)C[C@@]2(O)CCCN(C)C2)CC1. The molecule has 6 nitrogen and oxygen atoms in total. The number of carbonyl (C=O) groups excluding carboxylic acids is 1. The van der Waals surface area contributed by atoms with Crippen LogP contribution in [0.3, 0.4) is 0 Å². The monoisotopic (exact) mass is 341 g/mol. The Morgan fingerprint density at radius 1 is 1.33 bits per heavy atom. The van der Waals surface area contributed by atoms with E-state index in [1.807, 2.05) is 7.05 Å². The summed E-state index contributed by atoms with van der Waals surface area (Å²) in [6.07, 6.45) is 4.14. The minimum Gasteiger partial charge on any atom is -0.388 e. The first-order valence-electron chi connectivity index (χ1n) is 9.40. The molecule has 0 radical (unpaired) electrons. The molecular weight excluding hydrogens is 306 g/mol. The van der Waals surface area contributed by atoms with Crippen LogP contribution in [0.15, 0.2) is 0 Å². The number of amides is 1. The molecule has 2 rings (SSSR count). The molecule has 0 saturated carbocycles. The summed E-state index contributed by atoms with van der Waals surface area (Å²) >= 11 is 0. The van der Waals surface area contributed by atoms with Crippen LogP contribution in [0.25, 0.3) is 0 Å². The van der Waals surface area contributed by atoms with Gasteiger partial charge < -0.3 is 25.0 Å². The number of hydrogen-bond acceptors (Lipinski definition) is 5. The smallest absolute Gasteiger partial charge is 0.223 e. The maximum Gasteiger partial charge on any atom is 0.223 e. The van der Waals surface area contributed by atoms with Crippen LogP contribution < -0.4 is 5.32 Å². The van der Waals surface area contributed by atoms with Crippen molar-refractivity contribution in [2.45, 2.75) is 63.7 Å². The number of rotatable bonds is 7. The highest BCUT2D eigenvalue weighted by molar-refractivity contribution is 5.77. The third-order valence-corrected chi connectivity index (χ3v) is 5.05. The standard InChI is InChI=1S/C18H35N3O3/c1-15(2)24-12-11-21-9-5-16(6-10-21)19-17(22)13-18(23)7-4-8-20(3)14-18/h15-16,23H,4-14H2,1-3H3,(H,19,22)/t18-/m0/s1. The van der Waals surface area contributed by atoms with Crippen molar-refractivity contribution in [2.75, 3.05) is 46.4 Å². The lowest BCUT2D eigenvalue weighted by Gasteiger charge is -2.38. The van der Waals surface area contributed by atoms with E-state index in [0.29, 0.717) is 6.54 Å². The topological polar surface area (TPSA) is 65.0 Å². The van der Waals surface area contributed by atoms with Crippen LogP contribution >= 0.6 is 0 Å². The van der Waals surface area contributed by atoms with Gasteiger partial charge in [0.25, 0.3) is 0 Å². The number of aliphatic hydroxyl groups is 1. The Labute approximate surface area is 146 Å². The maximum absolute atomic E-state index is 12.3. The summed E-state index contributed by atoms with van der Waals surface area (Å²) in [7, 11) is 2.00. The lowest BCUT2D eigenvalue weighted by Crippen LogP contribution is -2.51. The molecule has 140 valence electrons. The zero-order chi connectivity index (χ0) is 17.6. The highest BCUT2D eigenvalue weighted by Gasteiger charge is 2.34. The van der Waals surface area contributed by atoms with E-state index >= 15 is 0 Å². The average molecular weight is 341 g/mol. The van der Waals surface area contributed by atoms with Crippen LogP contribution in [-0.2, 0) is 9.53 Å². The van der Waals surface area contributed by atoms with Gasteiger partial charge in [-0.3, -0.25) is 4.79 Å². The Morgan fingerprint density at radius 2 is 2.04 bits per heavy atom. The highest BCUT2D eigenvalue weighted by atomic mass is 16.5. The number of carbonyl (C=O) groups is 1. The first kappa shape index (κ1) is 19.6. The van der Waals surface area contributed by atoms with E-state index in [-0.39, 0.29) is 24.5 Å². The first-order valence-corrected chi connectivity index (χ1v) is 9.40. The number of nitrogens with one attached hydrogen (secondary N) is 1. The molecule has 1 amide bonds. The molecule has 2 saturated heterocycles. The summed E-state index contributed by atoms with van der Waals surface area (Å²) in [5, 5.41) is 13.7. The number of piperidine rings is 2. The number of likely N-dealkylation sites (N-methyl/N-ethyl adjacent to an activating group) is 1. The molecule has 2 aliphatic rings. The van der Waals surface area contributed by atoms with Crippen molar-refractivity contribution in [1.82, 2.24) is 15.1 Å². The van der Waals surface area contributed by atoms with Gasteiger partial charge in [-0.25, -0.2) is 0 Å². The van der Waals surface area contributed by atoms with Crippen molar-refractivity contribution in [3.8, 4) is 0 Å². The minimum absolute atomic E-state index is 0.00519. The molecular formula is C18H35N3O3. The van der Waals surface area contributed by atoms with E-state index in [9.17, 15) is 9.90 Å². The molecule has 2 N–H and O–H groups in total. The lowest BCUT2D eigenvalue weighted by atomic mass is 9.89. The zero-order valence-electron chi connectivity index (χ0n) is 15.6. The van der Waals surface area contributed by atoms with E-state index in [4.69, 9.17) is 4.74 Å². The van der Waals surface area contributed by atoms with Gasteiger partial charge in [0, 0.05) is 32.2 Å². The van der Waals surface area contributed by atoms with Gasteiger partial charge in [-0.2, -0.15) is 0 Å². The van der Waals surface area contributed by atoms with Crippen LogP contribution in [0.2, 0.25) is 0 Å². The van der Waals surface area contributed by atoms with E-state index in [2.05, 4.69) is 29.0 Å². The summed E-state index contributed by atoms with van der Waals surface area (Å²) in [6.45, 7) is 9.44. The fourth-order valence-corrected chi connectivity index (χ4v) is 3.78. The Hall–Kier alpha value is -0.690. The second kappa shape index (κ2) is 9.13. The summed E-state index contributed by atoms with van der Waals surface area (Å²) in [5.41, 5.74) is -0.855. The maximum atomic E-state index is 12.3. The van der Waals surface area contributed by atoms with E-state index in [1.54, 1.807) is 0 Å². The molecule has 24 heavy (non-hydrogen) atoms. The van der Waals surface area contributed by atoms with Gasteiger partial charge in [-0.15, -0.1) is 0 Å². The molecule has 0 spiro atoms. The summed E-state index contributed by atoms with van der Waals surface area (Å²) in [5.74, 6) is -0.00519. The predicted octanol–water partition coefficient (Wildman–Crippen LogP) is 0.839. The Bertz CT molecular complexity index is 397. The minimum atomic E-state index is -0.855. The molecule has 6 heteroatoms. The summed E-state index contributed by atoms with van der Waals surface area (Å²) in [6, 6.07) is 0.240. The van der Waals surface area contributed by atoms with E-state index in [0.717, 1.165) is 58.5 Å². The van der Waals surface area contributed by atoms with Crippen molar-refractivity contribution in [3.63, 3.8) is 0 Å². The van der Waals surface area contributed by atoms with Crippen molar-refractivity contribution in [2.24, 2.45) is 0 Å². The number of β-amino-alcohol motifs (C(OH)–C–C–N with tert-alkyl or cyclic N) is 1. The third-order valence-electron chi connectivity index (χ3n) is 5.05. The molecule has 1 atom stereocenters. The molecule has 2 heterocycles.